The number of anilines is 1. The summed E-state index contributed by atoms with van der Waals surface area (Å²) in [5, 5.41) is 3.35. The second kappa shape index (κ2) is 5.65. The smallest absolute Gasteiger partial charge is 0.202 e. The van der Waals surface area contributed by atoms with E-state index in [1.54, 1.807) is 7.11 Å². The fraction of sp³-hybridized carbons (Fsp3) is 0.700. The monoisotopic (exact) mass is 197 g/mol. The van der Waals surface area contributed by atoms with E-state index < -0.39 is 0 Å². The fourth-order valence-corrected chi connectivity index (χ4v) is 1.29. The first-order valence-corrected chi connectivity index (χ1v) is 5.04. The number of imidazole rings is 1. The number of methoxy groups -OCH3 is 1. The average molecular weight is 197 g/mol. The highest BCUT2D eigenvalue weighted by atomic mass is 16.5. The molecule has 0 bridgehead atoms. The minimum Gasteiger partial charge on any atom is -0.385 e. The van der Waals surface area contributed by atoms with Crippen molar-refractivity contribution in [3.8, 4) is 0 Å². The first-order valence-electron chi connectivity index (χ1n) is 5.04. The highest BCUT2D eigenvalue weighted by Gasteiger charge is 2.05. The zero-order valence-electron chi connectivity index (χ0n) is 9.16. The van der Waals surface area contributed by atoms with Crippen LogP contribution in [0, 0.1) is 0 Å². The van der Waals surface area contributed by atoms with Crippen molar-refractivity contribution >= 4 is 5.95 Å². The van der Waals surface area contributed by atoms with Gasteiger partial charge in [-0.3, -0.25) is 0 Å². The maximum absolute atomic E-state index is 5.02. The third-order valence-corrected chi connectivity index (χ3v) is 2.19. The van der Waals surface area contributed by atoms with Crippen molar-refractivity contribution < 1.29 is 4.74 Å². The average Bonchev–Trinajstić information content (AvgIpc) is 2.62. The Labute approximate surface area is 85.3 Å². The van der Waals surface area contributed by atoms with E-state index in [1.807, 2.05) is 12.4 Å². The number of nitrogens with one attached hydrogen (secondary N) is 1. The summed E-state index contributed by atoms with van der Waals surface area (Å²) in [6.45, 7) is 5.96. The molecule has 0 fully saturated rings. The Morgan fingerprint density at radius 3 is 3.07 bits per heavy atom. The molecule has 14 heavy (non-hydrogen) atoms. The van der Waals surface area contributed by atoms with Gasteiger partial charge in [-0.05, 0) is 20.3 Å². The van der Waals surface area contributed by atoms with Gasteiger partial charge in [0.25, 0.3) is 0 Å². The predicted molar refractivity (Wildman–Crippen MR) is 57.5 cm³/mol. The third-order valence-electron chi connectivity index (χ3n) is 2.19. The molecule has 1 unspecified atom stereocenters. The molecule has 1 aromatic heterocycles. The topological polar surface area (TPSA) is 39.1 Å². The van der Waals surface area contributed by atoms with Crippen LogP contribution < -0.4 is 5.32 Å². The number of aromatic nitrogens is 2. The van der Waals surface area contributed by atoms with Gasteiger partial charge in [-0.25, -0.2) is 4.98 Å². The van der Waals surface area contributed by atoms with Gasteiger partial charge in [-0.1, -0.05) is 0 Å². The molecule has 0 amide bonds. The van der Waals surface area contributed by atoms with E-state index in [9.17, 15) is 0 Å². The lowest BCUT2D eigenvalue weighted by atomic mass is 10.2. The molecule has 1 aromatic rings. The van der Waals surface area contributed by atoms with Crippen LogP contribution in [0.5, 0.6) is 0 Å². The summed E-state index contributed by atoms with van der Waals surface area (Å²) in [4.78, 5) is 4.25. The maximum Gasteiger partial charge on any atom is 0.202 e. The van der Waals surface area contributed by atoms with Gasteiger partial charge in [0.05, 0.1) is 0 Å². The molecular formula is C10H19N3O. The highest BCUT2D eigenvalue weighted by Crippen LogP contribution is 2.07. The molecular weight excluding hydrogens is 178 g/mol. The quantitative estimate of drug-likeness (QED) is 0.755. The van der Waals surface area contributed by atoms with E-state index in [4.69, 9.17) is 4.74 Å². The summed E-state index contributed by atoms with van der Waals surface area (Å²) in [6, 6.07) is 0.391. The molecule has 0 aliphatic rings. The van der Waals surface area contributed by atoms with Crippen LogP contribution in [0.2, 0.25) is 0 Å². The molecule has 4 heteroatoms. The van der Waals surface area contributed by atoms with Gasteiger partial charge < -0.3 is 14.6 Å². The van der Waals surface area contributed by atoms with Crippen LogP contribution in [0.3, 0.4) is 0 Å². The molecule has 80 valence electrons. The number of hydrogen-bond acceptors (Lipinski definition) is 3. The van der Waals surface area contributed by atoms with Crippen LogP contribution >= 0.6 is 0 Å². The lowest BCUT2D eigenvalue weighted by Gasteiger charge is -2.14. The van der Waals surface area contributed by atoms with E-state index in [1.165, 1.54) is 0 Å². The van der Waals surface area contributed by atoms with Crippen molar-refractivity contribution in [2.24, 2.45) is 0 Å². The van der Waals surface area contributed by atoms with Gasteiger partial charge >= 0.3 is 0 Å². The second-order valence-corrected chi connectivity index (χ2v) is 3.36. The lowest BCUT2D eigenvalue weighted by Crippen LogP contribution is -2.19. The summed E-state index contributed by atoms with van der Waals surface area (Å²) >= 11 is 0. The van der Waals surface area contributed by atoms with Gasteiger partial charge in [0.15, 0.2) is 0 Å². The summed E-state index contributed by atoms with van der Waals surface area (Å²) in [5.74, 6) is 0.941. The molecule has 0 saturated carbocycles. The number of ether oxygens (including phenoxy) is 1. The van der Waals surface area contributed by atoms with Crippen molar-refractivity contribution in [2.75, 3.05) is 19.0 Å². The molecule has 0 aliphatic carbocycles. The van der Waals surface area contributed by atoms with Crippen molar-refractivity contribution in [1.29, 1.82) is 0 Å². The molecule has 0 aliphatic heterocycles. The van der Waals surface area contributed by atoms with Crippen molar-refractivity contribution in [3.05, 3.63) is 12.4 Å². The van der Waals surface area contributed by atoms with Gasteiger partial charge in [-0.2, -0.15) is 0 Å². The van der Waals surface area contributed by atoms with Gasteiger partial charge in [0, 0.05) is 38.7 Å². The predicted octanol–water partition coefficient (Wildman–Crippen LogP) is 1.74. The molecule has 0 spiro atoms. The Balaban J connectivity index is 2.42. The number of aryl methyl sites for hydroxylation is 1. The molecule has 1 N–H and O–H groups in total. The van der Waals surface area contributed by atoms with E-state index in [0.717, 1.165) is 25.5 Å². The Hall–Kier alpha value is -1.03. The zero-order valence-corrected chi connectivity index (χ0v) is 9.16. The summed E-state index contributed by atoms with van der Waals surface area (Å²) in [7, 11) is 1.72. The standard InChI is InChI=1S/C10H19N3O/c1-4-13-7-6-11-10(13)12-9(2)5-8-14-3/h6-7,9H,4-5,8H2,1-3H3,(H,11,12). The van der Waals surface area contributed by atoms with E-state index in [0.29, 0.717) is 6.04 Å². The number of hydrogen-bond donors (Lipinski definition) is 1. The van der Waals surface area contributed by atoms with E-state index in [2.05, 4.69) is 28.7 Å². The highest BCUT2D eigenvalue weighted by molar-refractivity contribution is 5.26. The Bertz CT molecular complexity index is 260. The largest absolute Gasteiger partial charge is 0.385 e. The molecule has 1 rings (SSSR count). The molecule has 0 aromatic carbocycles. The van der Waals surface area contributed by atoms with Crippen LogP contribution in [0.25, 0.3) is 0 Å². The van der Waals surface area contributed by atoms with Crippen molar-refractivity contribution in [1.82, 2.24) is 9.55 Å². The fourth-order valence-electron chi connectivity index (χ4n) is 1.29. The first-order chi connectivity index (χ1) is 6.77. The number of rotatable bonds is 6. The van der Waals surface area contributed by atoms with Crippen molar-refractivity contribution in [3.63, 3.8) is 0 Å². The molecule has 1 heterocycles. The number of nitrogens with zero attached hydrogens (tertiary/aromatic N) is 2. The summed E-state index contributed by atoms with van der Waals surface area (Å²) in [5.41, 5.74) is 0. The molecule has 4 nitrogen and oxygen atoms in total. The second-order valence-electron chi connectivity index (χ2n) is 3.36. The third kappa shape index (κ3) is 3.03. The SMILES string of the molecule is CCn1ccnc1NC(C)CCOC. The van der Waals surface area contributed by atoms with Gasteiger partial charge in [0.1, 0.15) is 0 Å². The summed E-state index contributed by atoms with van der Waals surface area (Å²) in [6.07, 6.45) is 4.79. The minimum atomic E-state index is 0.391. The van der Waals surface area contributed by atoms with E-state index in [-0.39, 0.29) is 0 Å². The van der Waals surface area contributed by atoms with Gasteiger partial charge in [-0.15, -0.1) is 0 Å². The van der Waals surface area contributed by atoms with Crippen LogP contribution in [0.15, 0.2) is 12.4 Å². The first kappa shape index (κ1) is 11.0. The Morgan fingerprint density at radius 2 is 2.43 bits per heavy atom. The minimum absolute atomic E-state index is 0.391. The van der Waals surface area contributed by atoms with Crippen LogP contribution in [-0.4, -0.2) is 29.3 Å². The van der Waals surface area contributed by atoms with Crippen LogP contribution in [-0.2, 0) is 11.3 Å². The van der Waals surface area contributed by atoms with E-state index >= 15 is 0 Å². The molecule has 0 saturated heterocycles. The summed E-state index contributed by atoms with van der Waals surface area (Å²) < 4.78 is 7.11. The molecule has 1 atom stereocenters. The maximum atomic E-state index is 5.02. The lowest BCUT2D eigenvalue weighted by molar-refractivity contribution is 0.191. The van der Waals surface area contributed by atoms with Crippen LogP contribution in [0.1, 0.15) is 20.3 Å². The normalized spacial score (nSPS) is 12.8. The Morgan fingerprint density at radius 1 is 1.64 bits per heavy atom. The van der Waals surface area contributed by atoms with Crippen LogP contribution in [0.4, 0.5) is 5.95 Å². The molecule has 0 radical (unpaired) electrons. The van der Waals surface area contributed by atoms with Gasteiger partial charge in [0.2, 0.25) is 5.95 Å². The zero-order chi connectivity index (χ0) is 10.4. The Kier molecular flexibility index (Phi) is 4.46. The van der Waals surface area contributed by atoms with Crippen molar-refractivity contribution in [2.45, 2.75) is 32.9 Å².